The summed E-state index contributed by atoms with van der Waals surface area (Å²) >= 11 is 0. The summed E-state index contributed by atoms with van der Waals surface area (Å²) in [5.41, 5.74) is 4.17. The van der Waals surface area contributed by atoms with E-state index in [1.165, 1.54) is 5.56 Å². The number of ether oxygens (including phenoxy) is 2. The van der Waals surface area contributed by atoms with E-state index in [2.05, 4.69) is 28.4 Å². The number of hydrogen-bond donors (Lipinski definition) is 1. The van der Waals surface area contributed by atoms with Gasteiger partial charge < -0.3 is 24.6 Å². The number of carbonyl (C=O) groups excluding carboxylic acids is 2. The van der Waals surface area contributed by atoms with Gasteiger partial charge in [0.25, 0.3) is 5.91 Å². The van der Waals surface area contributed by atoms with E-state index in [0.717, 1.165) is 75.3 Å². The summed E-state index contributed by atoms with van der Waals surface area (Å²) in [7, 11) is 3.39. The third-order valence-electron chi connectivity index (χ3n) is 7.62. The first kappa shape index (κ1) is 26.0. The summed E-state index contributed by atoms with van der Waals surface area (Å²) in [6.07, 6.45) is 4.14. The van der Waals surface area contributed by atoms with Gasteiger partial charge >= 0.3 is 6.09 Å². The molecule has 7 nitrogen and oxygen atoms in total. The van der Waals surface area contributed by atoms with Crippen molar-refractivity contribution in [1.29, 1.82) is 0 Å². The molecule has 7 heteroatoms. The van der Waals surface area contributed by atoms with Crippen LogP contribution in [0.4, 0.5) is 4.79 Å². The number of piperidine rings is 2. The maximum atomic E-state index is 12.0. The van der Waals surface area contributed by atoms with E-state index in [4.69, 9.17) is 9.47 Å². The Morgan fingerprint density at radius 1 is 0.944 bits per heavy atom. The zero-order chi connectivity index (χ0) is 25.5. The van der Waals surface area contributed by atoms with Gasteiger partial charge in [0.15, 0.2) is 0 Å². The Morgan fingerprint density at radius 3 is 2.22 bits per heavy atom. The average molecular weight is 494 g/mol. The van der Waals surface area contributed by atoms with Crippen molar-refractivity contribution < 1.29 is 19.1 Å². The Kier molecular flexibility index (Phi) is 8.86. The van der Waals surface area contributed by atoms with Crippen LogP contribution in [0.5, 0.6) is 5.75 Å². The lowest BCUT2D eigenvalue weighted by Gasteiger charge is -2.37. The molecule has 4 rings (SSSR count). The van der Waals surface area contributed by atoms with Crippen molar-refractivity contribution in [2.75, 3.05) is 53.5 Å². The molecule has 0 radical (unpaired) electrons. The molecule has 0 aliphatic carbocycles. The van der Waals surface area contributed by atoms with E-state index >= 15 is 0 Å². The fourth-order valence-electron chi connectivity index (χ4n) is 5.50. The molecule has 2 aliphatic rings. The van der Waals surface area contributed by atoms with Crippen molar-refractivity contribution in [3.8, 4) is 16.9 Å². The van der Waals surface area contributed by atoms with E-state index < -0.39 is 0 Å². The number of methoxy groups -OCH3 is 1. The van der Waals surface area contributed by atoms with Crippen LogP contribution in [0.15, 0.2) is 42.5 Å². The van der Waals surface area contributed by atoms with Crippen molar-refractivity contribution in [2.45, 2.75) is 38.5 Å². The highest BCUT2D eigenvalue weighted by Gasteiger charge is 2.28. The van der Waals surface area contributed by atoms with Crippen LogP contribution >= 0.6 is 0 Å². The van der Waals surface area contributed by atoms with Gasteiger partial charge in [-0.3, -0.25) is 4.79 Å². The van der Waals surface area contributed by atoms with E-state index in [1.54, 1.807) is 14.2 Å². The zero-order valence-electron chi connectivity index (χ0n) is 21.8. The summed E-state index contributed by atoms with van der Waals surface area (Å²) in [5.74, 6) is 1.98. The van der Waals surface area contributed by atoms with Gasteiger partial charge in [-0.15, -0.1) is 0 Å². The molecule has 0 bridgehead atoms. The molecule has 2 aliphatic heterocycles. The van der Waals surface area contributed by atoms with Gasteiger partial charge in [-0.25, -0.2) is 4.79 Å². The van der Waals surface area contributed by atoms with Crippen molar-refractivity contribution in [2.24, 2.45) is 5.92 Å². The van der Waals surface area contributed by atoms with Crippen molar-refractivity contribution in [1.82, 2.24) is 15.1 Å². The van der Waals surface area contributed by atoms with E-state index in [-0.39, 0.29) is 12.0 Å². The monoisotopic (exact) mass is 493 g/mol. The number of nitrogens with one attached hydrogen (secondary N) is 1. The van der Waals surface area contributed by atoms with Crippen molar-refractivity contribution in [3.05, 3.63) is 53.6 Å². The number of hydrogen-bond acceptors (Lipinski definition) is 5. The lowest BCUT2D eigenvalue weighted by Crippen LogP contribution is -2.43. The van der Waals surface area contributed by atoms with Gasteiger partial charge in [0.2, 0.25) is 0 Å². The van der Waals surface area contributed by atoms with E-state index in [1.807, 2.05) is 36.1 Å². The second-order valence-electron chi connectivity index (χ2n) is 9.82. The van der Waals surface area contributed by atoms with Crippen molar-refractivity contribution in [3.63, 3.8) is 0 Å². The first-order valence-corrected chi connectivity index (χ1v) is 13.2. The van der Waals surface area contributed by atoms with Gasteiger partial charge in [0.05, 0.1) is 13.7 Å². The molecule has 36 heavy (non-hydrogen) atoms. The second kappa shape index (κ2) is 12.3. The smallest absolute Gasteiger partial charge is 0.409 e. The third-order valence-corrected chi connectivity index (χ3v) is 7.62. The Morgan fingerprint density at radius 2 is 1.61 bits per heavy atom. The molecule has 0 atom stereocenters. The van der Waals surface area contributed by atoms with Gasteiger partial charge in [-0.2, -0.15) is 0 Å². The highest BCUT2D eigenvalue weighted by atomic mass is 16.6. The van der Waals surface area contributed by atoms with E-state index in [0.29, 0.717) is 24.0 Å². The Balaban J connectivity index is 1.34. The predicted octanol–water partition coefficient (Wildman–Crippen LogP) is 4.77. The number of amides is 2. The van der Waals surface area contributed by atoms with Crippen LogP contribution in [-0.2, 0) is 4.74 Å². The van der Waals surface area contributed by atoms with Gasteiger partial charge in [-0.05, 0) is 98.5 Å². The lowest BCUT2D eigenvalue weighted by atomic mass is 9.86. The number of benzene rings is 2. The standard InChI is InChI=1S/C29H39N3O4/c1-4-36-29(34)32-17-11-21(12-18-32)20-31-15-13-23(14-16-31)26-19-25(9-10-27(26)35-3)22-5-7-24(8-6-22)28(33)30-2/h5-10,19,21,23H,4,11-18,20H2,1-3H3,(H,30,33). The minimum absolute atomic E-state index is 0.0757. The summed E-state index contributed by atoms with van der Waals surface area (Å²) in [6, 6.07) is 14.2. The highest BCUT2D eigenvalue weighted by molar-refractivity contribution is 5.94. The molecule has 2 amide bonds. The Labute approximate surface area is 214 Å². The molecule has 2 heterocycles. The number of nitrogens with zero attached hydrogens (tertiary/aromatic N) is 2. The highest BCUT2D eigenvalue weighted by Crippen LogP contribution is 2.37. The molecule has 2 fully saturated rings. The zero-order valence-corrected chi connectivity index (χ0v) is 21.8. The van der Waals surface area contributed by atoms with Gasteiger partial charge in [0.1, 0.15) is 5.75 Å². The van der Waals surface area contributed by atoms with Crippen LogP contribution in [0, 0.1) is 5.92 Å². The van der Waals surface area contributed by atoms with Crippen LogP contribution in [0.25, 0.3) is 11.1 Å². The summed E-state index contributed by atoms with van der Waals surface area (Å²) in [5, 5.41) is 2.67. The molecular weight excluding hydrogens is 454 g/mol. The van der Waals surface area contributed by atoms with Crippen LogP contribution < -0.4 is 10.1 Å². The first-order valence-electron chi connectivity index (χ1n) is 13.2. The summed E-state index contributed by atoms with van der Waals surface area (Å²) in [4.78, 5) is 28.3. The largest absolute Gasteiger partial charge is 0.496 e. The maximum Gasteiger partial charge on any atom is 0.409 e. The van der Waals surface area contributed by atoms with E-state index in [9.17, 15) is 9.59 Å². The molecule has 194 valence electrons. The summed E-state index contributed by atoms with van der Waals surface area (Å²) < 4.78 is 10.9. The molecule has 2 aromatic carbocycles. The normalized spacial score (nSPS) is 17.6. The van der Waals surface area contributed by atoms with Crippen molar-refractivity contribution >= 4 is 12.0 Å². The molecule has 0 aromatic heterocycles. The molecule has 2 saturated heterocycles. The predicted molar refractivity (Wildman–Crippen MR) is 142 cm³/mol. The molecule has 0 saturated carbocycles. The van der Waals surface area contributed by atoms with Gasteiger partial charge in [-0.1, -0.05) is 18.2 Å². The number of rotatable bonds is 7. The minimum atomic E-state index is -0.171. The van der Waals surface area contributed by atoms with Crippen LogP contribution in [0.1, 0.15) is 54.4 Å². The van der Waals surface area contributed by atoms with Crippen LogP contribution in [-0.4, -0.2) is 75.3 Å². The van der Waals surface area contributed by atoms with Crippen LogP contribution in [0.3, 0.4) is 0 Å². The molecule has 0 spiro atoms. The molecule has 2 aromatic rings. The molecule has 0 unspecified atom stereocenters. The molecule has 1 N–H and O–H groups in total. The fraction of sp³-hybridized carbons (Fsp3) is 0.517. The second-order valence-corrected chi connectivity index (χ2v) is 9.82. The quantitative estimate of drug-likeness (QED) is 0.602. The Hall–Kier alpha value is -3.06. The topological polar surface area (TPSA) is 71.1 Å². The molecular formula is C29H39N3O4. The fourth-order valence-corrected chi connectivity index (χ4v) is 5.50. The first-order chi connectivity index (χ1) is 17.5. The SMILES string of the molecule is CCOC(=O)N1CCC(CN2CCC(c3cc(-c4ccc(C(=O)NC)cc4)ccc3OC)CC2)CC1. The van der Waals surface area contributed by atoms with Gasteiger partial charge in [0, 0.05) is 32.2 Å². The summed E-state index contributed by atoms with van der Waals surface area (Å²) in [6.45, 7) is 7.16. The number of carbonyl (C=O) groups is 2. The third kappa shape index (κ3) is 6.19. The maximum absolute atomic E-state index is 12.0. The lowest BCUT2D eigenvalue weighted by molar-refractivity contribution is 0.0830. The number of likely N-dealkylation sites (tertiary alicyclic amines) is 2. The minimum Gasteiger partial charge on any atom is -0.496 e. The van der Waals surface area contributed by atoms with Crippen LogP contribution in [0.2, 0.25) is 0 Å². The average Bonchev–Trinajstić information content (AvgIpc) is 2.93. The Bertz CT molecular complexity index is 1020.